The first-order valence-electron chi connectivity index (χ1n) is 6.10. The van der Waals surface area contributed by atoms with Gasteiger partial charge in [0.05, 0.1) is 16.7 Å². The van der Waals surface area contributed by atoms with Crippen LogP contribution in [0.4, 0.5) is 5.69 Å². The van der Waals surface area contributed by atoms with Crippen LogP contribution in [0.5, 0.6) is 5.88 Å². The van der Waals surface area contributed by atoms with Crippen LogP contribution in [0.15, 0.2) is 36.8 Å². The second-order valence-corrected chi connectivity index (χ2v) is 4.74. The van der Waals surface area contributed by atoms with Crippen molar-refractivity contribution in [2.24, 2.45) is 0 Å². The van der Waals surface area contributed by atoms with Crippen molar-refractivity contribution in [2.75, 3.05) is 5.32 Å². The summed E-state index contributed by atoms with van der Waals surface area (Å²) in [4.78, 5) is 20.1. The minimum atomic E-state index is -0.357. The molecule has 0 saturated carbocycles. The number of nitrogens with one attached hydrogen (secondary N) is 1. The van der Waals surface area contributed by atoms with Gasteiger partial charge in [0.1, 0.15) is 5.69 Å². The van der Waals surface area contributed by atoms with Crippen molar-refractivity contribution in [1.29, 1.82) is 0 Å². The predicted molar refractivity (Wildman–Crippen MR) is 77.2 cm³/mol. The highest BCUT2D eigenvalue weighted by Crippen LogP contribution is 2.23. The third kappa shape index (κ3) is 3.45. The molecule has 0 unspecified atom stereocenters. The van der Waals surface area contributed by atoms with E-state index in [0.29, 0.717) is 22.2 Å². The smallest absolute Gasteiger partial charge is 0.258 e. The number of hydrogen-bond donors (Lipinski definition) is 1. The Morgan fingerprint density at radius 2 is 2.15 bits per heavy atom. The lowest BCUT2D eigenvalue weighted by molar-refractivity contribution is 0.102. The van der Waals surface area contributed by atoms with Crippen LogP contribution in [0.3, 0.4) is 0 Å². The molecule has 0 atom stereocenters. The fourth-order valence-corrected chi connectivity index (χ4v) is 1.73. The molecule has 0 aliphatic rings. The minimum Gasteiger partial charge on any atom is -0.473 e. The number of rotatable bonds is 4. The zero-order chi connectivity index (χ0) is 14.5. The van der Waals surface area contributed by atoms with Gasteiger partial charge >= 0.3 is 0 Å². The summed E-state index contributed by atoms with van der Waals surface area (Å²) in [6.45, 7) is 3.77. The molecule has 0 aliphatic carbocycles. The first-order chi connectivity index (χ1) is 9.58. The molecule has 104 valence electrons. The van der Waals surface area contributed by atoms with Crippen molar-refractivity contribution >= 4 is 23.2 Å². The second kappa shape index (κ2) is 6.34. The van der Waals surface area contributed by atoms with Gasteiger partial charge in [-0.15, -0.1) is 0 Å². The zero-order valence-corrected chi connectivity index (χ0v) is 11.9. The van der Waals surface area contributed by atoms with E-state index in [9.17, 15) is 4.79 Å². The van der Waals surface area contributed by atoms with Crippen molar-refractivity contribution in [3.8, 4) is 5.88 Å². The Hall–Kier alpha value is -2.14. The number of carbonyl (C=O) groups excluding carboxylic acids is 1. The van der Waals surface area contributed by atoms with Gasteiger partial charge in [0.25, 0.3) is 5.91 Å². The number of aromatic nitrogens is 2. The Balaban J connectivity index is 2.22. The van der Waals surface area contributed by atoms with Crippen LogP contribution in [0, 0.1) is 0 Å². The molecule has 0 aliphatic heterocycles. The number of carbonyl (C=O) groups is 1. The quantitative estimate of drug-likeness (QED) is 0.940. The van der Waals surface area contributed by atoms with E-state index in [2.05, 4.69) is 15.3 Å². The highest BCUT2D eigenvalue weighted by Gasteiger charge is 2.14. The number of amides is 1. The van der Waals surface area contributed by atoms with Gasteiger partial charge in [-0.1, -0.05) is 11.6 Å². The van der Waals surface area contributed by atoms with Crippen molar-refractivity contribution in [1.82, 2.24) is 9.97 Å². The SMILES string of the molecule is CC(C)Oc1ncccc1NC(=O)c1cnccc1Cl. The lowest BCUT2D eigenvalue weighted by Crippen LogP contribution is -2.15. The van der Waals surface area contributed by atoms with E-state index in [1.54, 1.807) is 24.4 Å². The molecule has 1 amide bonds. The molecule has 0 aromatic carbocycles. The molecule has 2 rings (SSSR count). The number of pyridine rings is 2. The lowest BCUT2D eigenvalue weighted by atomic mass is 10.2. The van der Waals surface area contributed by atoms with E-state index in [1.165, 1.54) is 12.4 Å². The maximum atomic E-state index is 12.2. The van der Waals surface area contributed by atoms with Crippen LogP contribution < -0.4 is 10.1 Å². The maximum Gasteiger partial charge on any atom is 0.258 e. The van der Waals surface area contributed by atoms with Gasteiger partial charge in [-0.3, -0.25) is 9.78 Å². The molecule has 2 aromatic rings. The molecule has 2 heterocycles. The minimum absolute atomic E-state index is 0.0393. The summed E-state index contributed by atoms with van der Waals surface area (Å²) in [6, 6.07) is 4.99. The van der Waals surface area contributed by atoms with Gasteiger partial charge in [-0.25, -0.2) is 4.98 Å². The molecule has 2 aromatic heterocycles. The van der Waals surface area contributed by atoms with Gasteiger partial charge < -0.3 is 10.1 Å². The van der Waals surface area contributed by atoms with Gasteiger partial charge in [-0.2, -0.15) is 0 Å². The molecule has 6 heteroatoms. The number of nitrogens with zero attached hydrogens (tertiary/aromatic N) is 2. The molecule has 1 N–H and O–H groups in total. The first-order valence-corrected chi connectivity index (χ1v) is 6.48. The summed E-state index contributed by atoms with van der Waals surface area (Å²) in [5.41, 5.74) is 0.791. The van der Waals surface area contributed by atoms with Crippen LogP contribution in [0.2, 0.25) is 5.02 Å². The van der Waals surface area contributed by atoms with E-state index < -0.39 is 0 Å². The fraction of sp³-hybridized carbons (Fsp3) is 0.214. The molecular formula is C14H14ClN3O2. The standard InChI is InChI=1S/C14H14ClN3O2/c1-9(2)20-14-12(4-3-6-17-14)18-13(19)10-8-16-7-5-11(10)15/h3-9H,1-2H3,(H,18,19). The summed E-state index contributed by atoms with van der Waals surface area (Å²) in [5, 5.41) is 3.06. The second-order valence-electron chi connectivity index (χ2n) is 4.33. The number of hydrogen-bond acceptors (Lipinski definition) is 4. The van der Waals surface area contributed by atoms with E-state index in [1.807, 2.05) is 13.8 Å². The fourth-order valence-electron chi connectivity index (χ4n) is 1.54. The molecule has 0 bridgehead atoms. The summed E-state index contributed by atoms with van der Waals surface area (Å²) in [5.74, 6) is 0.0144. The molecule has 0 radical (unpaired) electrons. The largest absolute Gasteiger partial charge is 0.473 e. The van der Waals surface area contributed by atoms with Crippen LogP contribution in [0.25, 0.3) is 0 Å². The van der Waals surface area contributed by atoms with Gasteiger partial charge in [-0.05, 0) is 32.0 Å². The van der Waals surface area contributed by atoms with Crippen molar-refractivity contribution in [3.63, 3.8) is 0 Å². The van der Waals surface area contributed by atoms with E-state index in [4.69, 9.17) is 16.3 Å². The van der Waals surface area contributed by atoms with Crippen LogP contribution in [-0.2, 0) is 0 Å². The number of anilines is 1. The zero-order valence-electron chi connectivity index (χ0n) is 11.1. The number of ether oxygens (including phenoxy) is 1. The average Bonchev–Trinajstić information content (AvgIpc) is 2.41. The van der Waals surface area contributed by atoms with Crippen molar-refractivity contribution in [2.45, 2.75) is 20.0 Å². The summed E-state index contributed by atoms with van der Waals surface area (Å²) >= 11 is 5.96. The molecule has 0 fully saturated rings. The Morgan fingerprint density at radius 3 is 2.85 bits per heavy atom. The third-order valence-electron chi connectivity index (χ3n) is 2.38. The Morgan fingerprint density at radius 1 is 1.35 bits per heavy atom. The van der Waals surface area contributed by atoms with Gasteiger partial charge in [0, 0.05) is 18.6 Å². The molecule has 5 nitrogen and oxygen atoms in total. The van der Waals surface area contributed by atoms with Crippen LogP contribution in [0.1, 0.15) is 24.2 Å². The maximum absolute atomic E-state index is 12.2. The summed E-state index contributed by atoms with van der Waals surface area (Å²) in [6.07, 6.45) is 4.50. The molecule has 0 spiro atoms. The third-order valence-corrected chi connectivity index (χ3v) is 2.71. The van der Waals surface area contributed by atoms with Crippen molar-refractivity contribution < 1.29 is 9.53 Å². The lowest BCUT2D eigenvalue weighted by Gasteiger charge is -2.13. The normalized spacial score (nSPS) is 10.4. The van der Waals surface area contributed by atoms with Crippen molar-refractivity contribution in [3.05, 3.63) is 47.4 Å². The highest BCUT2D eigenvalue weighted by molar-refractivity contribution is 6.34. The van der Waals surface area contributed by atoms with Crippen LogP contribution in [-0.4, -0.2) is 22.0 Å². The Kier molecular flexibility index (Phi) is 4.53. The predicted octanol–water partition coefficient (Wildman–Crippen LogP) is 3.17. The van der Waals surface area contributed by atoms with E-state index in [0.717, 1.165) is 0 Å². The Bertz CT molecular complexity index is 617. The Labute approximate surface area is 122 Å². The van der Waals surface area contributed by atoms with Gasteiger partial charge in [0.15, 0.2) is 0 Å². The first kappa shape index (κ1) is 14.3. The van der Waals surface area contributed by atoms with E-state index in [-0.39, 0.29) is 12.0 Å². The van der Waals surface area contributed by atoms with Crippen LogP contribution >= 0.6 is 11.6 Å². The highest BCUT2D eigenvalue weighted by atomic mass is 35.5. The summed E-state index contributed by atoms with van der Waals surface area (Å²) in [7, 11) is 0. The van der Waals surface area contributed by atoms with E-state index >= 15 is 0 Å². The topological polar surface area (TPSA) is 64.1 Å². The summed E-state index contributed by atoms with van der Waals surface area (Å²) < 4.78 is 5.54. The molecule has 0 saturated heterocycles. The van der Waals surface area contributed by atoms with Gasteiger partial charge in [0.2, 0.25) is 5.88 Å². The molecule has 20 heavy (non-hydrogen) atoms. The molecular weight excluding hydrogens is 278 g/mol. The monoisotopic (exact) mass is 291 g/mol. The number of halogens is 1. The average molecular weight is 292 g/mol.